The Morgan fingerprint density at radius 1 is 1.04 bits per heavy atom. The summed E-state index contributed by atoms with van der Waals surface area (Å²) in [6.45, 7) is 1.96. The quantitative estimate of drug-likeness (QED) is 0.765. The van der Waals surface area contributed by atoms with E-state index in [-0.39, 0.29) is 30.3 Å². The van der Waals surface area contributed by atoms with Gasteiger partial charge in [-0.15, -0.1) is 0 Å². The molecule has 3 amide bonds. The Balaban J connectivity index is 1.58. The van der Waals surface area contributed by atoms with E-state index >= 15 is 0 Å². The Bertz CT molecular complexity index is 1040. The molecular weight excluding hydrogens is 378 g/mol. The lowest BCUT2D eigenvalue weighted by Gasteiger charge is -2.29. The van der Waals surface area contributed by atoms with Crippen LogP contribution in [0.1, 0.15) is 18.1 Å². The minimum Gasteiger partial charge on any atom is -0.324 e. The van der Waals surface area contributed by atoms with Crippen LogP contribution in [0.4, 0.5) is 5.69 Å². The highest BCUT2D eigenvalue weighted by Crippen LogP contribution is 2.52. The van der Waals surface area contributed by atoms with Crippen molar-refractivity contribution in [3.05, 3.63) is 64.7 Å². The van der Waals surface area contributed by atoms with Gasteiger partial charge < -0.3 is 5.32 Å². The fraction of sp³-hybridized carbons (Fsp3) is 0.286. The van der Waals surface area contributed by atoms with Crippen LogP contribution in [-0.4, -0.2) is 28.7 Å². The van der Waals surface area contributed by atoms with Gasteiger partial charge in [0.25, 0.3) is 0 Å². The first kappa shape index (κ1) is 17.4. The van der Waals surface area contributed by atoms with E-state index in [1.54, 1.807) is 18.2 Å². The summed E-state index contributed by atoms with van der Waals surface area (Å²) < 4.78 is 0. The highest BCUT2D eigenvalue weighted by atomic mass is 35.5. The van der Waals surface area contributed by atoms with E-state index in [0.717, 1.165) is 5.56 Å². The molecular formula is C21H18ClN3O3. The summed E-state index contributed by atoms with van der Waals surface area (Å²) in [6, 6.07) is 14.2. The van der Waals surface area contributed by atoms with Crippen molar-refractivity contribution in [2.45, 2.75) is 25.0 Å². The predicted molar refractivity (Wildman–Crippen MR) is 103 cm³/mol. The Kier molecular flexibility index (Phi) is 3.66. The summed E-state index contributed by atoms with van der Waals surface area (Å²) in [6.07, 6.45) is 0. The SMILES string of the molecule is C[C@@H]1N[C@@]2(C(=O)Nc3ccccc32)[C@@H]2C(=O)N(Cc3ccccc3Cl)C(=O)[C@H]12. The number of carbonyl (C=O) groups excluding carboxylic acids is 3. The number of amides is 3. The zero-order chi connectivity index (χ0) is 19.6. The van der Waals surface area contributed by atoms with Crippen molar-refractivity contribution in [1.82, 2.24) is 10.2 Å². The van der Waals surface area contributed by atoms with Gasteiger partial charge in [0.05, 0.1) is 18.4 Å². The number of para-hydroxylation sites is 1. The summed E-state index contributed by atoms with van der Waals surface area (Å²) in [4.78, 5) is 40.9. The van der Waals surface area contributed by atoms with Gasteiger partial charge in [-0.05, 0) is 24.6 Å². The predicted octanol–water partition coefficient (Wildman–Crippen LogP) is 2.28. The molecule has 2 aromatic rings. The fourth-order valence-corrected chi connectivity index (χ4v) is 5.13. The Hall–Kier alpha value is -2.70. The Morgan fingerprint density at radius 3 is 2.54 bits per heavy atom. The molecule has 2 saturated heterocycles. The van der Waals surface area contributed by atoms with Crippen LogP contribution in [0.5, 0.6) is 0 Å². The van der Waals surface area contributed by atoms with Crippen molar-refractivity contribution in [3.63, 3.8) is 0 Å². The van der Waals surface area contributed by atoms with Crippen molar-refractivity contribution in [2.24, 2.45) is 11.8 Å². The summed E-state index contributed by atoms with van der Waals surface area (Å²) >= 11 is 6.23. The number of nitrogens with one attached hydrogen (secondary N) is 2. The third-order valence-corrected chi connectivity index (χ3v) is 6.52. The van der Waals surface area contributed by atoms with E-state index in [1.807, 2.05) is 37.3 Å². The Labute approximate surface area is 166 Å². The van der Waals surface area contributed by atoms with Gasteiger partial charge in [0.15, 0.2) is 0 Å². The van der Waals surface area contributed by atoms with Gasteiger partial charge in [-0.2, -0.15) is 0 Å². The number of halogens is 1. The number of likely N-dealkylation sites (tertiary alicyclic amines) is 1. The largest absolute Gasteiger partial charge is 0.324 e. The smallest absolute Gasteiger partial charge is 0.250 e. The Morgan fingerprint density at radius 2 is 1.75 bits per heavy atom. The molecule has 0 bridgehead atoms. The van der Waals surface area contributed by atoms with E-state index in [0.29, 0.717) is 16.3 Å². The van der Waals surface area contributed by atoms with E-state index in [2.05, 4.69) is 10.6 Å². The normalized spacial score (nSPS) is 30.7. The van der Waals surface area contributed by atoms with Gasteiger partial charge in [-0.3, -0.25) is 24.6 Å². The van der Waals surface area contributed by atoms with E-state index in [1.165, 1.54) is 4.90 Å². The van der Waals surface area contributed by atoms with Crippen molar-refractivity contribution < 1.29 is 14.4 Å². The molecule has 5 rings (SSSR count). The van der Waals surface area contributed by atoms with Gasteiger partial charge in [0.1, 0.15) is 5.54 Å². The van der Waals surface area contributed by atoms with Gasteiger partial charge in [-0.1, -0.05) is 48.0 Å². The topological polar surface area (TPSA) is 78.5 Å². The number of fused-ring (bicyclic) bond motifs is 4. The molecule has 0 aliphatic carbocycles. The molecule has 3 aliphatic heterocycles. The standard InChI is InChI=1S/C21H18ClN3O3/c1-11-16-17(21(24-11)13-7-3-5-9-15(13)23-20(21)28)19(27)25(18(16)26)10-12-6-2-4-8-14(12)22/h2-9,11,16-17,24H,10H2,1H3,(H,23,28)/t11-,16+,17-,21+/m0/s1. The third-order valence-electron chi connectivity index (χ3n) is 6.15. The number of hydrogen-bond acceptors (Lipinski definition) is 4. The van der Waals surface area contributed by atoms with Crippen molar-refractivity contribution in [2.75, 3.05) is 5.32 Å². The minimum absolute atomic E-state index is 0.108. The number of hydrogen-bond donors (Lipinski definition) is 2. The number of benzene rings is 2. The number of rotatable bonds is 2. The summed E-state index contributed by atoms with van der Waals surface area (Å²) in [5.74, 6) is -2.25. The lowest BCUT2D eigenvalue weighted by Crippen LogP contribution is -2.52. The second kappa shape index (κ2) is 5.90. The number of anilines is 1. The molecule has 142 valence electrons. The van der Waals surface area contributed by atoms with E-state index in [9.17, 15) is 14.4 Å². The van der Waals surface area contributed by atoms with Crippen molar-refractivity contribution >= 4 is 35.0 Å². The first-order valence-electron chi connectivity index (χ1n) is 9.22. The average Bonchev–Trinajstić information content (AvgIpc) is 3.23. The van der Waals surface area contributed by atoms with Crippen LogP contribution in [0, 0.1) is 11.8 Å². The minimum atomic E-state index is -1.22. The van der Waals surface area contributed by atoms with Gasteiger partial charge in [0.2, 0.25) is 17.7 Å². The molecule has 6 nitrogen and oxygen atoms in total. The zero-order valence-corrected chi connectivity index (χ0v) is 15.9. The van der Waals surface area contributed by atoms with Crippen LogP contribution in [0.3, 0.4) is 0 Å². The number of carbonyl (C=O) groups is 3. The van der Waals surface area contributed by atoms with Crippen LogP contribution < -0.4 is 10.6 Å². The molecule has 0 aromatic heterocycles. The summed E-state index contributed by atoms with van der Waals surface area (Å²) in [5, 5.41) is 6.66. The zero-order valence-electron chi connectivity index (χ0n) is 15.1. The first-order chi connectivity index (χ1) is 13.4. The van der Waals surface area contributed by atoms with Crippen LogP contribution in [0.15, 0.2) is 48.5 Å². The van der Waals surface area contributed by atoms with Crippen molar-refractivity contribution in [1.29, 1.82) is 0 Å². The molecule has 2 fully saturated rings. The fourth-order valence-electron chi connectivity index (χ4n) is 4.93. The molecule has 4 atom stereocenters. The first-order valence-corrected chi connectivity index (χ1v) is 9.60. The van der Waals surface area contributed by atoms with Crippen LogP contribution in [-0.2, 0) is 26.5 Å². The summed E-state index contributed by atoms with van der Waals surface area (Å²) in [5.41, 5.74) is 0.886. The second-order valence-corrected chi connectivity index (χ2v) is 8.01. The second-order valence-electron chi connectivity index (χ2n) is 7.60. The highest BCUT2D eigenvalue weighted by molar-refractivity contribution is 6.31. The molecule has 28 heavy (non-hydrogen) atoms. The van der Waals surface area contributed by atoms with E-state index < -0.39 is 17.4 Å². The molecule has 3 heterocycles. The molecule has 0 unspecified atom stereocenters. The van der Waals surface area contributed by atoms with Crippen molar-refractivity contribution in [3.8, 4) is 0 Å². The third kappa shape index (κ3) is 2.10. The van der Waals surface area contributed by atoms with Crippen LogP contribution in [0.25, 0.3) is 0 Å². The maximum absolute atomic E-state index is 13.4. The van der Waals surface area contributed by atoms with Crippen LogP contribution >= 0.6 is 11.6 Å². The average molecular weight is 396 g/mol. The molecule has 7 heteroatoms. The highest BCUT2D eigenvalue weighted by Gasteiger charge is 2.69. The number of nitrogens with zero attached hydrogens (tertiary/aromatic N) is 1. The maximum Gasteiger partial charge on any atom is 0.250 e. The molecule has 3 aliphatic rings. The van der Waals surface area contributed by atoms with Gasteiger partial charge in [0, 0.05) is 22.3 Å². The van der Waals surface area contributed by atoms with Crippen LogP contribution in [0.2, 0.25) is 5.02 Å². The molecule has 1 spiro atoms. The lowest BCUT2D eigenvalue weighted by molar-refractivity contribution is -0.143. The molecule has 2 N–H and O–H groups in total. The van der Waals surface area contributed by atoms with E-state index in [4.69, 9.17) is 11.6 Å². The maximum atomic E-state index is 13.4. The number of imide groups is 1. The van der Waals surface area contributed by atoms with Gasteiger partial charge in [-0.25, -0.2) is 0 Å². The lowest BCUT2D eigenvalue weighted by atomic mass is 9.76. The summed E-state index contributed by atoms with van der Waals surface area (Å²) in [7, 11) is 0. The molecule has 0 radical (unpaired) electrons. The molecule has 2 aromatic carbocycles. The molecule has 0 saturated carbocycles. The van der Waals surface area contributed by atoms with Gasteiger partial charge >= 0.3 is 0 Å². The monoisotopic (exact) mass is 395 g/mol.